The second-order valence-corrected chi connectivity index (χ2v) is 5.40. The Morgan fingerprint density at radius 2 is 2.05 bits per heavy atom. The summed E-state index contributed by atoms with van der Waals surface area (Å²) in [6, 6.07) is 13.2. The lowest BCUT2D eigenvalue weighted by Crippen LogP contribution is -2.25. The molecule has 0 amide bonds. The number of nitrogens with zero attached hydrogens (tertiary/aromatic N) is 2. The number of benzene rings is 1. The van der Waals surface area contributed by atoms with Gasteiger partial charge in [0.1, 0.15) is 5.82 Å². The maximum Gasteiger partial charge on any atom is 0.133 e. The van der Waals surface area contributed by atoms with Gasteiger partial charge in [-0.15, -0.1) is 0 Å². The first kappa shape index (κ1) is 13.1. The summed E-state index contributed by atoms with van der Waals surface area (Å²) in [5, 5.41) is 0. The van der Waals surface area contributed by atoms with E-state index in [4.69, 9.17) is 5.73 Å². The van der Waals surface area contributed by atoms with E-state index >= 15 is 0 Å². The van der Waals surface area contributed by atoms with Crippen LogP contribution in [0.4, 0.5) is 5.82 Å². The molecule has 1 aliphatic rings. The van der Waals surface area contributed by atoms with E-state index in [0.29, 0.717) is 12.6 Å². The lowest BCUT2D eigenvalue weighted by atomic mass is 10.0. The van der Waals surface area contributed by atoms with E-state index in [1.54, 1.807) is 0 Å². The maximum atomic E-state index is 5.94. The standard InChI is InChI=1S/C17H21N3/c1-13-9-10-19-17(15(13)12-18)20-11-5-8-16(20)14-6-3-2-4-7-14/h2-4,6-7,9-10,16H,5,8,11-12,18H2,1H3. The zero-order valence-electron chi connectivity index (χ0n) is 11.9. The molecule has 2 aromatic rings. The van der Waals surface area contributed by atoms with Crippen LogP contribution in [-0.2, 0) is 6.54 Å². The van der Waals surface area contributed by atoms with Crippen molar-refractivity contribution in [1.82, 2.24) is 4.98 Å². The monoisotopic (exact) mass is 267 g/mol. The summed E-state index contributed by atoms with van der Waals surface area (Å²) in [7, 11) is 0. The maximum absolute atomic E-state index is 5.94. The molecule has 3 rings (SSSR count). The molecule has 20 heavy (non-hydrogen) atoms. The highest BCUT2D eigenvalue weighted by Crippen LogP contribution is 2.36. The van der Waals surface area contributed by atoms with Gasteiger partial charge in [-0.2, -0.15) is 0 Å². The van der Waals surface area contributed by atoms with Crippen molar-refractivity contribution in [2.75, 3.05) is 11.4 Å². The quantitative estimate of drug-likeness (QED) is 0.928. The average Bonchev–Trinajstić information content (AvgIpc) is 2.97. The van der Waals surface area contributed by atoms with Gasteiger partial charge in [-0.3, -0.25) is 0 Å². The smallest absolute Gasteiger partial charge is 0.133 e. The van der Waals surface area contributed by atoms with Crippen molar-refractivity contribution in [2.45, 2.75) is 32.4 Å². The summed E-state index contributed by atoms with van der Waals surface area (Å²) in [6.45, 7) is 3.72. The molecular formula is C17H21N3. The van der Waals surface area contributed by atoms with Gasteiger partial charge in [-0.1, -0.05) is 30.3 Å². The van der Waals surface area contributed by atoms with Gasteiger partial charge < -0.3 is 10.6 Å². The van der Waals surface area contributed by atoms with Crippen molar-refractivity contribution in [3.63, 3.8) is 0 Å². The molecule has 2 N–H and O–H groups in total. The van der Waals surface area contributed by atoms with Gasteiger partial charge in [0.2, 0.25) is 0 Å². The highest BCUT2D eigenvalue weighted by atomic mass is 15.2. The van der Waals surface area contributed by atoms with E-state index < -0.39 is 0 Å². The second kappa shape index (κ2) is 5.63. The summed E-state index contributed by atoms with van der Waals surface area (Å²) < 4.78 is 0. The Morgan fingerprint density at radius 3 is 2.80 bits per heavy atom. The van der Waals surface area contributed by atoms with Crippen LogP contribution >= 0.6 is 0 Å². The molecule has 1 fully saturated rings. The number of nitrogens with two attached hydrogens (primary N) is 1. The molecule has 0 bridgehead atoms. The Kier molecular flexibility index (Phi) is 3.70. The Bertz CT molecular complexity index is 580. The third-order valence-corrected chi connectivity index (χ3v) is 4.18. The third-order valence-electron chi connectivity index (χ3n) is 4.18. The molecule has 1 saturated heterocycles. The number of hydrogen-bond acceptors (Lipinski definition) is 3. The number of pyridine rings is 1. The summed E-state index contributed by atoms with van der Waals surface area (Å²) in [6.07, 6.45) is 4.28. The topological polar surface area (TPSA) is 42.2 Å². The number of anilines is 1. The van der Waals surface area contributed by atoms with E-state index in [9.17, 15) is 0 Å². The fraction of sp³-hybridized carbons (Fsp3) is 0.353. The van der Waals surface area contributed by atoms with Crippen molar-refractivity contribution in [3.8, 4) is 0 Å². The molecule has 0 aliphatic carbocycles. The minimum Gasteiger partial charge on any atom is -0.349 e. The Morgan fingerprint density at radius 1 is 1.25 bits per heavy atom. The van der Waals surface area contributed by atoms with Crippen LogP contribution in [0.5, 0.6) is 0 Å². The SMILES string of the molecule is Cc1ccnc(N2CCCC2c2ccccc2)c1CN. The van der Waals surface area contributed by atoms with Crippen molar-refractivity contribution in [3.05, 3.63) is 59.3 Å². The molecule has 1 atom stereocenters. The lowest BCUT2D eigenvalue weighted by Gasteiger charge is -2.28. The van der Waals surface area contributed by atoms with Gasteiger partial charge in [0, 0.05) is 24.8 Å². The van der Waals surface area contributed by atoms with Gasteiger partial charge in [-0.25, -0.2) is 4.98 Å². The van der Waals surface area contributed by atoms with Crippen molar-refractivity contribution >= 4 is 5.82 Å². The van der Waals surface area contributed by atoms with Crippen molar-refractivity contribution < 1.29 is 0 Å². The number of rotatable bonds is 3. The van der Waals surface area contributed by atoms with Crippen LogP contribution in [0.3, 0.4) is 0 Å². The Labute approximate surface area is 120 Å². The molecule has 1 aromatic heterocycles. The predicted octanol–water partition coefficient (Wildman–Crippen LogP) is 3.19. The zero-order valence-corrected chi connectivity index (χ0v) is 11.9. The Hall–Kier alpha value is -1.87. The summed E-state index contributed by atoms with van der Waals surface area (Å²) in [4.78, 5) is 7.04. The molecule has 1 aliphatic heterocycles. The first-order valence-corrected chi connectivity index (χ1v) is 7.27. The number of aryl methyl sites for hydroxylation is 1. The van der Waals surface area contributed by atoms with Crippen molar-refractivity contribution in [2.24, 2.45) is 5.73 Å². The summed E-state index contributed by atoms with van der Waals surface area (Å²) >= 11 is 0. The van der Waals surface area contributed by atoms with Crippen LogP contribution in [-0.4, -0.2) is 11.5 Å². The van der Waals surface area contributed by atoms with E-state index in [1.165, 1.54) is 29.5 Å². The second-order valence-electron chi connectivity index (χ2n) is 5.40. The molecule has 0 radical (unpaired) electrons. The average molecular weight is 267 g/mol. The van der Waals surface area contributed by atoms with Gasteiger partial charge in [0.05, 0.1) is 6.04 Å². The van der Waals surface area contributed by atoms with Crippen LogP contribution in [0.1, 0.15) is 35.6 Å². The molecule has 0 spiro atoms. The van der Waals surface area contributed by atoms with Gasteiger partial charge in [-0.05, 0) is 37.0 Å². The van der Waals surface area contributed by atoms with Crippen molar-refractivity contribution in [1.29, 1.82) is 0 Å². The molecule has 1 unspecified atom stereocenters. The van der Waals surface area contributed by atoms with E-state index in [-0.39, 0.29) is 0 Å². The van der Waals surface area contributed by atoms with Crippen LogP contribution in [0.15, 0.2) is 42.6 Å². The highest BCUT2D eigenvalue weighted by Gasteiger charge is 2.28. The fourth-order valence-electron chi connectivity index (χ4n) is 3.12. The van der Waals surface area contributed by atoms with E-state index in [0.717, 1.165) is 12.4 Å². The number of aromatic nitrogens is 1. The zero-order chi connectivity index (χ0) is 13.9. The largest absolute Gasteiger partial charge is 0.349 e. The molecule has 104 valence electrons. The first-order chi connectivity index (χ1) is 9.81. The highest BCUT2D eigenvalue weighted by molar-refractivity contribution is 5.53. The minimum absolute atomic E-state index is 0.427. The lowest BCUT2D eigenvalue weighted by molar-refractivity contribution is 0.707. The summed E-state index contributed by atoms with van der Waals surface area (Å²) in [5.74, 6) is 1.07. The Balaban J connectivity index is 1.99. The number of hydrogen-bond donors (Lipinski definition) is 1. The molecular weight excluding hydrogens is 246 g/mol. The first-order valence-electron chi connectivity index (χ1n) is 7.27. The molecule has 1 aromatic carbocycles. The normalized spacial score (nSPS) is 18.5. The van der Waals surface area contributed by atoms with Crippen LogP contribution < -0.4 is 10.6 Å². The van der Waals surface area contributed by atoms with Crippen LogP contribution in [0.2, 0.25) is 0 Å². The summed E-state index contributed by atoms with van der Waals surface area (Å²) in [5.41, 5.74) is 9.72. The minimum atomic E-state index is 0.427. The van der Waals surface area contributed by atoms with Crippen LogP contribution in [0, 0.1) is 6.92 Å². The van der Waals surface area contributed by atoms with E-state index in [1.807, 2.05) is 12.3 Å². The molecule has 3 heteroatoms. The molecule has 3 nitrogen and oxygen atoms in total. The predicted molar refractivity (Wildman–Crippen MR) is 82.6 cm³/mol. The third kappa shape index (κ3) is 2.29. The van der Waals surface area contributed by atoms with Gasteiger partial charge in [0.15, 0.2) is 0 Å². The van der Waals surface area contributed by atoms with E-state index in [2.05, 4.69) is 47.1 Å². The fourth-order valence-corrected chi connectivity index (χ4v) is 3.12. The van der Waals surface area contributed by atoms with Crippen LogP contribution in [0.25, 0.3) is 0 Å². The molecule has 2 heterocycles. The molecule has 0 saturated carbocycles. The van der Waals surface area contributed by atoms with Gasteiger partial charge in [0.25, 0.3) is 0 Å². The van der Waals surface area contributed by atoms with Gasteiger partial charge >= 0.3 is 0 Å².